The summed E-state index contributed by atoms with van der Waals surface area (Å²) in [5.74, 6) is 0. The van der Waals surface area contributed by atoms with Crippen LogP contribution in [-0.2, 0) is 0 Å². The Balaban J connectivity index is 1.62. The van der Waals surface area contributed by atoms with Crippen molar-refractivity contribution in [3.05, 3.63) is 120 Å². The van der Waals surface area contributed by atoms with Gasteiger partial charge in [-0.1, -0.05) is 84.9 Å². The third-order valence-corrected chi connectivity index (χ3v) is 6.32. The Hall–Kier alpha value is -3.91. The van der Waals surface area contributed by atoms with Crippen LogP contribution in [-0.4, -0.2) is 12.0 Å². The normalized spacial score (nSPS) is 15.7. The first-order valence-corrected chi connectivity index (χ1v) is 10.7. The second kappa shape index (κ2) is 7.10. The highest BCUT2D eigenvalue weighted by molar-refractivity contribution is 5.97. The highest BCUT2D eigenvalue weighted by Crippen LogP contribution is 2.45. The molecule has 0 bridgehead atoms. The molecule has 0 fully saturated rings. The van der Waals surface area contributed by atoms with Crippen molar-refractivity contribution in [3.63, 3.8) is 0 Å². The predicted molar refractivity (Wildman–Crippen MR) is 131 cm³/mol. The standard InChI is InChI=1S/C29H22N2/c1-31-28-16-7-4-11-22(28)19-25(27-18-17-21-10-3-6-15-26(21)30-27)29(31)24-14-8-12-20-9-2-5-13-23(20)24/h2-19,29H,1H3. The van der Waals surface area contributed by atoms with Crippen molar-refractivity contribution < 1.29 is 0 Å². The first-order chi connectivity index (χ1) is 15.3. The molecule has 0 radical (unpaired) electrons. The van der Waals surface area contributed by atoms with Crippen LogP contribution in [0.15, 0.2) is 103 Å². The second-order valence-electron chi connectivity index (χ2n) is 8.13. The molecule has 0 aliphatic carbocycles. The van der Waals surface area contributed by atoms with Gasteiger partial charge in [0.05, 0.1) is 17.3 Å². The summed E-state index contributed by atoms with van der Waals surface area (Å²) in [6.45, 7) is 0. The number of hydrogen-bond acceptors (Lipinski definition) is 2. The molecule has 1 aliphatic rings. The summed E-state index contributed by atoms with van der Waals surface area (Å²) >= 11 is 0. The van der Waals surface area contributed by atoms with E-state index in [1.807, 2.05) is 0 Å². The molecule has 4 aromatic carbocycles. The number of benzene rings is 4. The van der Waals surface area contributed by atoms with E-state index >= 15 is 0 Å². The molecule has 0 spiro atoms. The second-order valence-corrected chi connectivity index (χ2v) is 8.13. The van der Waals surface area contributed by atoms with E-state index in [0.717, 1.165) is 16.6 Å². The van der Waals surface area contributed by atoms with E-state index in [1.165, 1.54) is 33.2 Å². The van der Waals surface area contributed by atoms with Crippen LogP contribution in [0.25, 0.3) is 33.3 Å². The molecule has 2 heteroatoms. The Morgan fingerprint density at radius 2 is 1.42 bits per heavy atom. The summed E-state index contributed by atoms with van der Waals surface area (Å²) in [7, 11) is 2.19. The van der Waals surface area contributed by atoms with E-state index in [0.29, 0.717) is 0 Å². The van der Waals surface area contributed by atoms with Crippen LogP contribution in [0.5, 0.6) is 0 Å². The fraction of sp³-hybridized carbons (Fsp3) is 0.0690. The van der Waals surface area contributed by atoms with Crippen LogP contribution in [0.1, 0.15) is 22.9 Å². The van der Waals surface area contributed by atoms with Gasteiger partial charge in [0.2, 0.25) is 0 Å². The SMILES string of the molecule is CN1c2ccccc2C=C(c2ccc3ccccc3n2)C1c1cccc2ccccc12. The predicted octanol–water partition coefficient (Wildman–Crippen LogP) is 7.12. The van der Waals surface area contributed by atoms with Crippen LogP contribution in [0.3, 0.4) is 0 Å². The largest absolute Gasteiger partial charge is 0.363 e. The van der Waals surface area contributed by atoms with E-state index in [2.05, 4.69) is 121 Å². The average molecular weight is 399 g/mol. The first-order valence-electron chi connectivity index (χ1n) is 10.7. The minimum absolute atomic E-state index is 0.0784. The van der Waals surface area contributed by atoms with Gasteiger partial charge in [-0.2, -0.15) is 0 Å². The lowest BCUT2D eigenvalue weighted by Crippen LogP contribution is -2.28. The van der Waals surface area contributed by atoms with Gasteiger partial charge in [0.25, 0.3) is 0 Å². The third kappa shape index (κ3) is 2.91. The molecule has 1 atom stereocenters. The molecule has 2 heterocycles. The van der Waals surface area contributed by atoms with Crippen molar-refractivity contribution in [2.45, 2.75) is 6.04 Å². The lowest BCUT2D eigenvalue weighted by atomic mass is 9.86. The van der Waals surface area contributed by atoms with Crippen LogP contribution in [0, 0.1) is 0 Å². The van der Waals surface area contributed by atoms with Crippen LogP contribution in [0.2, 0.25) is 0 Å². The zero-order chi connectivity index (χ0) is 20.8. The highest BCUT2D eigenvalue weighted by atomic mass is 15.1. The number of fused-ring (bicyclic) bond motifs is 3. The van der Waals surface area contributed by atoms with Gasteiger partial charge >= 0.3 is 0 Å². The summed E-state index contributed by atoms with van der Waals surface area (Å²) in [6, 6.07) is 36.6. The van der Waals surface area contributed by atoms with Gasteiger partial charge in [0.15, 0.2) is 0 Å². The first kappa shape index (κ1) is 17.9. The van der Waals surface area contributed by atoms with E-state index in [1.54, 1.807) is 0 Å². The molecule has 0 N–H and O–H groups in total. The Kier molecular flexibility index (Phi) is 4.10. The van der Waals surface area contributed by atoms with Crippen molar-refractivity contribution in [1.82, 2.24) is 4.98 Å². The fourth-order valence-electron chi connectivity index (χ4n) is 4.83. The monoisotopic (exact) mass is 398 g/mol. The van der Waals surface area contributed by atoms with Crippen LogP contribution in [0.4, 0.5) is 5.69 Å². The maximum absolute atomic E-state index is 5.07. The van der Waals surface area contributed by atoms with Crippen molar-refractivity contribution >= 4 is 39.0 Å². The zero-order valence-corrected chi connectivity index (χ0v) is 17.4. The number of likely N-dealkylation sites (N-methyl/N-ethyl adjacent to an activating group) is 1. The maximum atomic E-state index is 5.07. The van der Waals surface area contributed by atoms with Crippen LogP contribution >= 0.6 is 0 Å². The number of hydrogen-bond donors (Lipinski definition) is 0. The molecule has 31 heavy (non-hydrogen) atoms. The van der Waals surface area contributed by atoms with E-state index < -0.39 is 0 Å². The minimum atomic E-state index is 0.0784. The van der Waals surface area contributed by atoms with E-state index in [-0.39, 0.29) is 6.04 Å². The van der Waals surface area contributed by atoms with Gasteiger partial charge in [-0.25, -0.2) is 4.98 Å². The van der Waals surface area contributed by atoms with Crippen molar-refractivity contribution in [3.8, 4) is 0 Å². The molecule has 1 unspecified atom stereocenters. The smallest absolute Gasteiger partial charge is 0.0819 e. The molecule has 0 amide bonds. The lowest BCUT2D eigenvalue weighted by Gasteiger charge is -2.37. The molecule has 148 valence electrons. The summed E-state index contributed by atoms with van der Waals surface area (Å²) < 4.78 is 0. The Labute approximate surface area is 182 Å². The zero-order valence-electron chi connectivity index (χ0n) is 17.4. The fourth-order valence-corrected chi connectivity index (χ4v) is 4.83. The van der Waals surface area contributed by atoms with Crippen LogP contribution < -0.4 is 4.90 Å². The molecule has 0 saturated carbocycles. The number of anilines is 1. The van der Waals surface area contributed by atoms with Crippen molar-refractivity contribution in [1.29, 1.82) is 0 Å². The number of aromatic nitrogens is 1. The quantitative estimate of drug-likeness (QED) is 0.315. The third-order valence-electron chi connectivity index (χ3n) is 6.32. The number of pyridine rings is 1. The highest BCUT2D eigenvalue weighted by Gasteiger charge is 2.30. The lowest BCUT2D eigenvalue weighted by molar-refractivity contribution is 0.824. The topological polar surface area (TPSA) is 16.1 Å². The summed E-state index contributed by atoms with van der Waals surface area (Å²) in [4.78, 5) is 7.46. The Morgan fingerprint density at radius 3 is 2.35 bits per heavy atom. The molecule has 5 aromatic rings. The average Bonchev–Trinajstić information content (AvgIpc) is 2.83. The molecular formula is C29H22N2. The molecule has 2 nitrogen and oxygen atoms in total. The van der Waals surface area contributed by atoms with Gasteiger partial charge in [-0.15, -0.1) is 0 Å². The van der Waals surface area contributed by atoms with Gasteiger partial charge in [-0.3, -0.25) is 0 Å². The number of para-hydroxylation sites is 2. The number of rotatable bonds is 2. The number of nitrogens with zero attached hydrogens (tertiary/aromatic N) is 2. The summed E-state index contributed by atoms with van der Waals surface area (Å²) in [6.07, 6.45) is 2.32. The minimum Gasteiger partial charge on any atom is -0.363 e. The molecular weight excluding hydrogens is 376 g/mol. The van der Waals surface area contributed by atoms with Crippen molar-refractivity contribution in [2.75, 3.05) is 11.9 Å². The molecule has 1 aromatic heterocycles. The molecule has 0 saturated heterocycles. The van der Waals surface area contributed by atoms with Gasteiger partial charge in [0.1, 0.15) is 0 Å². The molecule has 6 rings (SSSR count). The van der Waals surface area contributed by atoms with Gasteiger partial charge in [-0.05, 0) is 46.2 Å². The van der Waals surface area contributed by atoms with Gasteiger partial charge in [0, 0.05) is 23.7 Å². The van der Waals surface area contributed by atoms with E-state index in [4.69, 9.17) is 4.98 Å². The van der Waals surface area contributed by atoms with Gasteiger partial charge < -0.3 is 4.90 Å². The van der Waals surface area contributed by atoms with Crippen molar-refractivity contribution in [2.24, 2.45) is 0 Å². The summed E-state index contributed by atoms with van der Waals surface area (Å²) in [5.41, 5.74) is 7.05. The molecule has 1 aliphatic heterocycles. The van der Waals surface area contributed by atoms with E-state index in [9.17, 15) is 0 Å². The Morgan fingerprint density at radius 1 is 0.677 bits per heavy atom. The Bertz CT molecular complexity index is 1460. The maximum Gasteiger partial charge on any atom is 0.0819 e. The summed E-state index contributed by atoms with van der Waals surface area (Å²) in [5, 5.41) is 3.71.